The average molecular weight is 282 g/mol. The van der Waals surface area contributed by atoms with Gasteiger partial charge in [0.2, 0.25) is 0 Å². The van der Waals surface area contributed by atoms with Gasteiger partial charge in [-0.15, -0.1) is 0 Å². The predicted molar refractivity (Wildman–Crippen MR) is 66.0 cm³/mol. The molecule has 18 heavy (non-hydrogen) atoms. The monoisotopic (exact) mass is 281 g/mol. The van der Waals surface area contributed by atoms with E-state index in [-0.39, 0.29) is 11.1 Å². The average Bonchev–Trinajstić information content (AvgIpc) is 2.27. The standard InChI is InChI=1S/C12H15ClF3NO/c1-3-18-7-8(2)17-9-4-5-11(13)10(6-9)12(14,15)16/h4-6,8,17H,3,7H2,1-2H3. The highest BCUT2D eigenvalue weighted by Gasteiger charge is 2.33. The largest absolute Gasteiger partial charge is 0.417 e. The highest BCUT2D eigenvalue weighted by atomic mass is 35.5. The third-order valence-electron chi connectivity index (χ3n) is 2.26. The molecule has 0 fully saturated rings. The van der Waals surface area contributed by atoms with Crippen LogP contribution < -0.4 is 5.32 Å². The Balaban J connectivity index is 2.79. The molecule has 6 heteroatoms. The number of alkyl halides is 3. The third-order valence-corrected chi connectivity index (χ3v) is 2.59. The topological polar surface area (TPSA) is 21.3 Å². The number of anilines is 1. The fourth-order valence-electron chi connectivity index (χ4n) is 1.45. The summed E-state index contributed by atoms with van der Waals surface area (Å²) < 4.78 is 43.1. The number of benzene rings is 1. The van der Waals surface area contributed by atoms with E-state index < -0.39 is 11.7 Å². The molecule has 0 saturated heterocycles. The lowest BCUT2D eigenvalue weighted by Crippen LogP contribution is -2.22. The van der Waals surface area contributed by atoms with E-state index in [2.05, 4.69) is 5.32 Å². The number of ether oxygens (including phenoxy) is 1. The minimum atomic E-state index is -4.45. The Labute approximate surface area is 109 Å². The maximum atomic E-state index is 12.6. The fraction of sp³-hybridized carbons (Fsp3) is 0.500. The highest BCUT2D eigenvalue weighted by molar-refractivity contribution is 6.31. The van der Waals surface area contributed by atoms with Gasteiger partial charge in [0.05, 0.1) is 17.2 Å². The lowest BCUT2D eigenvalue weighted by molar-refractivity contribution is -0.137. The number of hydrogen-bond donors (Lipinski definition) is 1. The third kappa shape index (κ3) is 4.38. The predicted octanol–water partition coefficient (Wildman–Crippen LogP) is 4.20. The molecule has 0 heterocycles. The van der Waals surface area contributed by atoms with Crippen LogP contribution in [0.25, 0.3) is 0 Å². The van der Waals surface area contributed by atoms with Crippen molar-refractivity contribution in [2.45, 2.75) is 26.1 Å². The Morgan fingerprint density at radius 3 is 2.61 bits per heavy atom. The SMILES string of the molecule is CCOCC(C)Nc1ccc(Cl)c(C(F)(F)F)c1. The zero-order valence-corrected chi connectivity index (χ0v) is 10.9. The van der Waals surface area contributed by atoms with Crippen LogP contribution in [-0.2, 0) is 10.9 Å². The van der Waals surface area contributed by atoms with Crippen molar-refractivity contribution in [2.24, 2.45) is 0 Å². The van der Waals surface area contributed by atoms with Crippen LogP contribution in [0.1, 0.15) is 19.4 Å². The van der Waals surface area contributed by atoms with E-state index in [1.807, 2.05) is 13.8 Å². The number of rotatable bonds is 5. The summed E-state index contributed by atoms with van der Waals surface area (Å²) >= 11 is 5.53. The number of halogens is 4. The molecule has 2 nitrogen and oxygen atoms in total. The van der Waals surface area contributed by atoms with Crippen molar-refractivity contribution < 1.29 is 17.9 Å². The maximum absolute atomic E-state index is 12.6. The van der Waals surface area contributed by atoms with Gasteiger partial charge in [0.25, 0.3) is 0 Å². The maximum Gasteiger partial charge on any atom is 0.417 e. The Morgan fingerprint density at radius 1 is 1.39 bits per heavy atom. The van der Waals surface area contributed by atoms with Crippen LogP contribution >= 0.6 is 11.6 Å². The first-order valence-electron chi connectivity index (χ1n) is 5.55. The van der Waals surface area contributed by atoms with Gasteiger partial charge in [0.1, 0.15) is 0 Å². The molecular formula is C12H15ClF3NO. The van der Waals surface area contributed by atoms with E-state index in [1.54, 1.807) is 0 Å². The lowest BCUT2D eigenvalue weighted by Gasteiger charge is -2.17. The molecule has 0 amide bonds. The molecule has 1 N–H and O–H groups in total. The molecule has 0 spiro atoms. The fourth-order valence-corrected chi connectivity index (χ4v) is 1.68. The lowest BCUT2D eigenvalue weighted by atomic mass is 10.2. The van der Waals surface area contributed by atoms with Crippen molar-refractivity contribution in [3.05, 3.63) is 28.8 Å². The van der Waals surface area contributed by atoms with Crippen molar-refractivity contribution in [1.82, 2.24) is 0 Å². The first-order valence-corrected chi connectivity index (χ1v) is 5.93. The zero-order valence-electron chi connectivity index (χ0n) is 10.1. The molecule has 0 aromatic heterocycles. The summed E-state index contributed by atoms with van der Waals surface area (Å²) in [6, 6.07) is 3.68. The minimum Gasteiger partial charge on any atom is -0.380 e. The molecular weight excluding hydrogens is 267 g/mol. The van der Waals surface area contributed by atoms with E-state index in [4.69, 9.17) is 16.3 Å². The second-order valence-electron chi connectivity index (χ2n) is 3.90. The molecule has 1 rings (SSSR count). The van der Waals surface area contributed by atoms with Gasteiger partial charge >= 0.3 is 6.18 Å². The van der Waals surface area contributed by atoms with Crippen LogP contribution in [0.4, 0.5) is 18.9 Å². The van der Waals surface area contributed by atoms with E-state index in [9.17, 15) is 13.2 Å². The molecule has 1 aromatic rings. The van der Waals surface area contributed by atoms with Gasteiger partial charge in [0.15, 0.2) is 0 Å². The minimum absolute atomic E-state index is 0.0767. The summed E-state index contributed by atoms with van der Waals surface area (Å²) in [6.07, 6.45) is -4.45. The van der Waals surface area contributed by atoms with Crippen LogP contribution in [0.2, 0.25) is 5.02 Å². The van der Waals surface area contributed by atoms with Gasteiger partial charge in [-0.1, -0.05) is 11.6 Å². The number of nitrogens with one attached hydrogen (secondary N) is 1. The van der Waals surface area contributed by atoms with E-state index in [1.165, 1.54) is 12.1 Å². The van der Waals surface area contributed by atoms with Crippen molar-refractivity contribution in [3.63, 3.8) is 0 Å². The van der Waals surface area contributed by atoms with Crippen LogP contribution in [0.15, 0.2) is 18.2 Å². The molecule has 1 aromatic carbocycles. The van der Waals surface area contributed by atoms with E-state index in [0.717, 1.165) is 6.07 Å². The van der Waals surface area contributed by atoms with Crippen LogP contribution in [-0.4, -0.2) is 19.3 Å². The first kappa shape index (κ1) is 15.1. The Kier molecular flexibility index (Phi) is 5.28. The summed E-state index contributed by atoms with van der Waals surface area (Å²) in [6.45, 7) is 4.69. The quantitative estimate of drug-likeness (QED) is 0.873. The molecule has 0 aliphatic heterocycles. The second kappa shape index (κ2) is 6.29. The van der Waals surface area contributed by atoms with Gasteiger partial charge in [-0.25, -0.2) is 0 Å². The van der Waals surface area contributed by atoms with E-state index >= 15 is 0 Å². The molecule has 0 bridgehead atoms. The molecule has 0 aliphatic carbocycles. The molecule has 1 unspecified atom stereocenters. The first-order chi connectivity index (χ1) is 8.34. The second-order valence-corrected chi connectivity index (χ2v) is 4.30. The van der Waals surface area contributed by atoms with Crippen molar-refractivity contribution in [1.29, 1.82) is 0 Å². The molecule has 0 radical (unpaired) electrons. The number of hydrogen-bond acceptors (Lipinski definition) is 2. The normalized spacial score (nSPS) is 13.4. The summed E-state index contributed by atoms with van der Waals surface area (Å²) in [5, 5.41) is 2.63. The Morgan fingerprint density at radius 2 is 2.06 bits per heavy atom. The van der Waals surface area contributed by atoms with Gasteiger partial charge in [-0.2, -0.15) is 13.2 Å². The summed E-state index contributed by atoms with van der Waals surface area (Å²) in [5.41, 5.74) is -0.461. The molecule has 102 valence electrons. The van der Waals surface area contributed by atoms with Crippen molar-refractivity contribution >= 4 is 17.3 Å². The van der Waals surface area contributed by atoms with Crippen molar-refractivity contribution in [2.75, 3.05) is 18.5 Å². The molecule has 0 aliphatic rings. The van der Waals surface area contributed by atoms with Gasteiger partial charge < -0.3 is 10.1 Å². The molecule has 0 saturated carbocycles. The summed E-state index contributed by atoms with van der Waals surface area (Å²) in [7, 11) is 0. The highest BCUT2D eigenvalue weighted by Crippen LogP contribution is 2.36. The van der Waals surface area contributed by atoms with Gasteiger partial charge in [-0.05, 0) is 32.0 Å². The van der Waals surface area contributed by atoms with E-state index in [0.29, 0.717) is 18.9 Å². The Hall–Kier alpha value is -0.940. The zero-order chi connectivity index (χ0) is 13.8. The molecule has 1 atom stereocenters. The van der Waals surface area contributed by atoms with Gasteiger partial charge in [-0.3, -0.25) is 0 Å². The summed E-state index contributed by atoms with van der Waals surface area (Å²) in [5.74, 6) is 0. The van der Waals surface area contributed by atoms with Crippen LogP contribution in [0.3, 0.4) is 0 Å². The van der Waals surface area contributed by atoms with Crippen LogP contribution in [0.5, 0.6) is 0 Å². The van der Waals surface area contributed by atoms with Crippen LogP contribution in [0, 0.1) is 0 Å². The Bertz CT molecular complexity index is 395. The van der Waals surface area contributed by atoms with Gasteiger partial charge in [0, 0.05) is 18.3 Å². The smallest absolute Gasteiger partial charge is 0.380 e. The van der Waals surface area contributed by atoms with Crippen molar-refractivity contribution in [3.8, 4) is 0 Å². The summed E-state index contributed by atoms with van der Waals surface area (Å²) in [4.78, 5) is 0.